The van der Waals surface area contributed by atoms with Gasteiger partial charge in [-0.3, -0.25) is 14.1 Å². The number of phenols is 1. The first-order valence-corrected chi connectivity index (χ1v) is 10.2. The zero-order valence-electron chi connectivity index (χ0n) is 16.2. The molecule has 0 saturated carbocycles. The van der Waals surface area contributed by atoms with Crippen molar-refractivity contribution in [2.24, 2.45) is 0 Å². The number of amides is 1. The van der Waals surface area contributed by atoms with E-state index in [-0.39, 0.29) is 29.1 Å². The number of aromatic nitrogens is 1. The van der Waals surface area contributed by atoms with E-state index in [2.05, 4.69) is 10.3 Å². The van der Waals surface area contributed by atoms with Crippen molar-refractivity contribution in [2.75, 3.05) is 23.3 Å². The average molecular weight is 416 g/mol. The predicted octanol–water partition coefficient (Wildman–Crippen LogP) is 2.63. The van der Waals surface area contributed by atoms with E-state index in [1.807, 2.05) is 0 Å². The van der Waals surface area contributed by atoms with Crippen molar-refractivity contribution < 1.29 is 18.5 Å². The maximum atomic E-state index is 13.2. The van der Waals surface area contributed by atoms with Crippen LogP contribution in [0, 0.1) is 12.7 Å². The van der Waals surface area contributed by atoms with Gasteiger partial charge in [0.2, 0.25) is 0 Å². The molecule has 1 aromatic heterocycles. The Morgan fingerprint density at radius 3 is 2.76 bits per heavy atom. The number of aromatic hydroxyl groups is 1. The van der Waals surface area contributed by atoms with Crippen LogP contribution < -0.4 is 15.4 Å². The summed E-state index contributed by atoms with van der Waals surface area (Å²) >= 11 is 0. The number of nitrogens with two attached hydrogens (primary N) is 1. The summed E-state index contributed by atoms with van der Waals surface area (Å²) in [7, 11) is 0.287. The van der Waals surface area contributed by atoms with Crippen molar-refractivity contribution in [1.82, 2.24) is 10.3 Å². The molecule has 0 aliphatic rings. The van der Waals surface area contributed by atoms with Gasteiger partial charge in [0, 0.05) is 37.1 Å². The minimum Gasteiger partial charge on any atom is -0.505 e. The van der Waals surface area contributed by atoms with Crippen molar-refractivity contribution in [3.8, 4) is 5.75 Å². The van der Waals surface area contributed by atoms with E-state index < -0.39 is 22.7 Å². The van der Waals surface area contributed by atoms with E-state index in [9.17, 15) is 18.5 Å². The van der Waals surface area contributed by atoms with Gasteiger partial charge in [-0.05, 0) is 42.3 Å². The van der Waals surface area contributed by atoms with Gasteiger partial charge in [-0.2, -0.15) is 0 Å². The van der Waals surface area contributed by atoms with Crippen LogP contribution in [0.25, 0.3) is 10.9 Å². The number of phenolic OH excluding ortho intramolecular Hbond substituents is 1. The molecule has 7 nitrogen and oxygen atoms in total. The van der Waals surface area contributed by atoms with Crippen LogP contribution in [0.5, 0.6) is 5.75 Å². The summed E-state index contributed by atoms with van der Waals surface area (Å²) < 4.78 is 26.8. The van der Waals surface area contributed by atoms with E-state index in [1.165, 1.54) is 35.0 Å². The average Bonchev–Trinajstić information content (AvgIpc) is 2.67. The van der Waals surface area contributed by atoms with Gasteiger partial charge in [-0.25, -0.2) is 8.60 Å². The van der Waals surface area contributed by atoms with Crippen molar-refractivity contribution in [1.29, 1.82) is 0 Å². The highest BCUT2D eigenvalue weighted by Gasteiger charge is 2.25. The molecule has 1 atom stereocenters. The van der Waals surface area contributed by atoms with Gasteiger partial charge >= 0.3 is 0 Å². The summed E-state index contributed by atoms with van der Waals surface area (Å²) in [6.07, 6.45) is 3.02. The third-order valence-corrected chi connectivity index (χ3v) is 5.68. The topological polar surface area (TPSA) is 109 Å². The second-order valence-electron chi connectivity index (χ2n) is 6.54. The Morgan fingerprint density at radius 1 is 1.38 bits per heavy atom. The SMILES string of the molecule is Cc1c(C(=O)NCc2ccc(F)cc2N)c(O)c2ncccc2c1N(C)S(C)=O. The van der Waals surface area contributed by atoms with E-state index in [0.29, 0.717) is 22.2 Å². The number of nitrogens with one attached hydrogen (secondary N) is 1. The monoisotopic (exact) mass is 416 g/mol. The number of pyridine rings is 1. The number of hydrogen-bond donors (Lipinski definition) is 3. The Balaban J connectivity index is 2.06. The number of carbonyl (C=O) groups excluding carboxylic acids is 1. The third-order valence-electron chi connectivity index (χ3n) is 4.73. The van der Waals surface area contributed by atoms with Gasteiger partial charge in [0.25, 0.3) is 5.91 Å². The smallest absolute Gasteiger partial charge is 0.255 e. The molecule has 3 rings (SSSR count). The maximum absolute atomic E-state index is 13.2. The number of nitrogen functional groups attached to an aromatic ring is 1. The first-order chi connectivity index (χ1) is 13.7. The molecular weight excluding hydrogens is 395 g/mol. The molecule has 4 N–H and O–H groups in total. The van der Waals surface area contributed by atoms with Crippen LogP contribution in [-0.4, -0.2) is 33.5 Å². The number of halogens is 1. The third kappa shape index (κ3) is 3.86. The van der Waals surface area contributed by atoms with Crippen LogP contribution in [0.3, 0.4) is 0 Å². The number of hydrogen-bond acceptors (Lipinski definition) is 5. The van der Waals surface area contributed by atoms with E-state index in [1.54, 1.807) is 26.1 Å². The molecule has 0 spiro atoms. The van der Waals surface area contributed by atoms with Gasteiger partial charge < -0.3 is 16.2 Å². The summed E-state index contributed by atoms with van der Waals surface area (Å²) in [6, 6.07) is 7.36. The molecule has 9 heteroatoms. The molecule has 0 aliphatic carbocycles. The lowest BCUT2D eigenvalue weighted by molar-refractivity contribution is 0.0948. The highest BCUT2D eigenvalue weighted by Crippen LogP contribution is 2.39. The number of nitrogens with zero attached hydrogens (tertiary/aromatic N) is 2. The number of carbonyl (C=O) groups is 1. The van der Waals surface area contributed by atoms with E-state index in [0.717, 1.165) is 0 Å². The minimum atomic E-state index is -1.35. The van der Waals surface area contributed by atoms with Crippen LogP contribution in [0.2, 0.25) is 0 Å². The Kier molecular flexibility index (Phi) is 5.69. The molecule has 0 saturated heterocycles. The molecular formula is C20H21FN4O3S. The molecule has 1 unspecified atom stereocenters. The molecule has 0 aliphatic heterocycles. The van der Waals surface area contributed by atoms with Gasteiger partial charge in [-0.1, -0.05) is 6.07 Å². The van der Waals surface area contributed by atoms with Crippen LogP contribution >= 0.6 is 0 Å². The van der Waals surface area contributed by atoms with Crippen LogP contribution in [0.1, 0.15) is 21.5 Å². The summed E-state index contributed by atoms with van der Waals surface area (Å²) in [5.74, 6) is -1.28. The minimum absolute atomic E-state index is 0.0317. The fourth-order valence-corrected chi connectivity index (χ4v) is 3.70. The summed E-state index contributed by atoms with van der Waals surface area (Å²) in [5, 5.41) is 14.0. The zero-order chi connectivity index (χ0) is 21.3. The highest BCUT2D eigenvalue weighted by atomic mass is 32.2. The number of rotatable bonds is 5. The zero-order valence-corrected chi connectivity index (χ0v) is 17.0. The Hall–Kier alpha value is -3.20. The molecule has 0 bridgehead atoms. The molecule has 29 heavy (non-hydrogen) atoms. The first kappa shape index (κ1) is 20.5. The van der Waals surface area contributed by atoms with Crippen molar-refractivity contribution >= 4 is 39.2 Å². The van der Waals surface area contributed by atoms with Crippen LogP contribution in [-0.2, 0) is 17.5 Å². The predicted molar refractivity (Wildman–Crippen MR) is 113 cm³/mol. The lowest BCUT2D eigenvalue weighted by atomic mass is 9.99. The summed E-state index contributed by atoms with van der Waals surface area (Å²) in [4.78, 5) is 17.1. The first-order valence-electron chi connectivity index (χ1n) is 8.72. The Labute approximate surface area is 169 Å². The molecule has 3 aromatic rings. The normalized spacial score (nSPS) is 12.0. The van der Waals surface area contributed by atoms with E-state index >= 15 is 0 Å². The van der Waals surface area contributed by atoms with Crippen molar-refractivity contribution in [2.45, 2.75) is 13.5 Å². The molecule has 0 fully saturated rings. The summed E-state index contributed by atoms with van der Waals surface area (Å²) in [6.45, 7) is 1.72. The number of fused-ring (bicyclic) bond motifs is 1. The Bertz CT molecular complexity index is 1140. The van der Waals surface area contributed by atoms with Crippen molar-refractivity contribution in [3.05, 3.63) is 59.0 Å². The fraction of sp³-hybridized carbons (Fsp3) is 0.200. The quantitative estimate of drug-likeness (QED) is 0.554. The van der Waals surface area contributed by atoms with Gasteiger partial charge in [0.05, 0.1) is 11.3 Å². The highest BCUT2D eigenvalue weighted by molar-refractivity contribution is 7.85. The van der Waals surface area contributed by atoms with Gasteiger partial charge in [-0.15, -0.1) is 0 Å². The fourth-order valence-electron chi connectivity index (χ4n) is 3.20. The van der Waals surface area contributed by atoms with Gasteiger partial charge in [0.1, 0.15) is 22.3 Å². The molecule has 152 valence electrons. The molecule has 2 aromatic carbocycles. The lowest BCUT2D eigenvalue weighted by Crippen LogP contribution is -2.26. The molecule has 1 amide bonds. The number of benzene rings is 2. The van der Waals surface area contributed by atoms with Crippen LogP contribution in [0.4, 0.5) is 15.8 Å². The number of anilines is 2. The standard InChI is InChI=1S/C20H21FN4O3S/c1-11-16(20(27)24-10-12-6-7-13(21)9-15(12)22)19(26)17-14(5-4-8-23-17)18(11)25(2)29(3)28/h4-9,26H,10,22H2,1-3H3,(H,24,27). The van der Waals surface area contributed by atoms with E-state index in [4.69, 9.17) is 5.73 Å². The van der Waals surface area contributed by atoms with Gasteiger partial charge in [0.15, 0.2) is 5.75 Å². The van der Waals surface area contributed by atoms with Crippen LogP contribution in [0.15, 0.2) is 36.5 Å². The molecule has 1 heterocycles. The lowest BCUT2D eigenvalue weighted by Gasteiger charge is -2.23. The largest absolute Gasteiger partial charge is 0.505 e. The second-order valence-corrected chi connectivity index (χ2v) is 7.94. The van der Waals surface area contributed by atoms with Crippen molar-refractivity contribution in [3.63, 3.8) is 0 Å². The Morgan fingerprint density at radius 2 is 2.10 bits per heavy atom. The molecule has 0 radical (unpaired) electrons. The maximum Gasteiger partial charge on any atom is 0.255 e. The summed E-state index contributed by atoms with van der Waals surface area (Å²) in [5.41, 5.74) is 7.81. The second kappa shape index (κ2) is 8.04.